The number of nitrogens with zero attached hydrogens (tertiary/aromatic N) is 1. The molecule has 1 unspecified atom stereocenters. The maximum atomic E-state index is 13.2. The van der Waals surface area contributed by atoms with Crippen LogP contribution in [0, 0.1) is 11.8 Å². The number of hydrogen-bond acceptors (Lipinski definition) is 4. The molecule has 2 fully saturated rings. The Balaban J connectivity index is 1.78. The average molecular weight is 387 g/mol. The van der Waals surface area contributed by atoms with Crippen LogP contribution in [-0.2, 0) is 10.0 Å². The van der Waals surface area contributed by atoms with Gasteiger partial charge in [0, 0.05) is 18.1 Å². The van der Waals surface area contributed by atoms with Crippen LogP contribution in [0.5, 0.6) is 5.75 Å². The van der Waals surface area contributed by atoms with E-state index in [9.17, 15) is 8.42 Å². The summed E-state index contributed by atoms with van der Waals surface area (Å²) in [5.41, 5.74) is 0. The SMILES string of the molecule is CNCC1CCCN(S(=O)(=O)c2cc(Cl)ccc2OCCC2CC2)C1. The molecule has 1 aromatic carbocycles. The minimum absolute atomic E-state index is 0.195. The van der Waals surface area contributed by atoms with Gasteiger partial charge in [-0.2, -0.15) is 4.31 Å². The molecular weight excluding hydrogens is 360 g/mol. The van der Waals surface area contributed by atoms with Crippen LogP contribution in [0.3, 0.4) is 0 Å². The predicted molar refractivity (Wildman–Crippen MR) is 99.7 cm³/mol. The maximum Gasteiger partial charge on any atom is 0.246 e. The lowest BCUT2D eigenvalue weighted by atomic mass is 10.00. The highest BCUT2D eigenvalue weighted by atomic mass is 35.5. The molecule has 2 aliphatic rings. The Kier molecular flexibility index (Phi) is 6.25. The Morgan fingerprint density at radius 1 is 1.28 bits per heavy atom. The molecule has 0 radical (unpaired) electrons. The minimum Gasteiger partial charge on any atom is -0.492 e. The van der Waals surface area contributed by atoms with Gasteiger partial charge in [0.1, 0.15) is 10.6 Å². The number of sulfonamides is 1. The van der Waals surface area contributed by atoms with E-state index in [1.54, 1.807) is 16.4 Å². The van der Waals surface area contributed by atoms with Crippen molar-refractivity contribution in [2.24, 2.45) is 11.8 Å². The third-order valence-corrected chi connectivity index (χ3v) is 7.10. The molecule has 0 aromatic heterocycles. The number of rotatable bonds is 8. The molecule has 140 valence electrons. The van der Waals surface area contributed by atoms with Crippen LogP contribution in [0.4, 0.5) is 0 Å². The number of ether oxygens (including phenoxy) is 1. The van der Waals surface area contributed by atoms with E-state index in [0.717, 1.165) is 31.7 Å². The van der Waals surface area contributed by atoms with Crippen LogP contribution in [0.1, 0.15) is 32.1 Å². The molecule has 1 saturated carbocycles. The van der Waals surface area contributed by atoms with Crippen LogP contribution >= 0.6 is 11.6 Å². The average Bonchev–Trinajstić information content (AvgIpc) is 3.41. The summed E-state index contributed by atoms with van der Waals surface area (Å²) in [4.78, 5) is 0.195. The first-order valence-electron chi connectivity index (χ1n) is 9.08. The summed E-state index contributed by atoms with van der Waals surface area (Å²) in [5, 5.41) is 3.56. The van der Waals surface area contributed by atoms with Crippen molar-refractivity contribution >= 4 is 21.6 Å². The number of benzene rings is 1. The first-order chi connectivity index (χ1) is 12.0. The van der Waals surface area contributed by atoms with E-state index in [2.05, 4.69) is 5.32 Å². The third-order valence-electron chi connectivity index (χ3n) is 4.98. The van der Waals surface area contributed by atoms with Crippen molar-refractivity contribution in [1.29, 1.82) is 0 Å². The van der Waals surface area contributed by atoms with E-state index in [4.69, 9.17) is 16.3 Å². The van der Waals surface area contributed by atoms with Crippen LogP contribution in [0.15, 0.2) is 23.1 Å². The lowest BCUT2D eigenvalue weighted by Crippen LogP contribution is -2.42. The van der Waals surface area contributed by atoms with Crippen LogP contribution in [-0.4, -0.2) is 46.0 Å². The van der Waals surface area contributed by atoms with Crippen LogP contribution in [0.2, 0.25) is 5.02 Å². The molecule has 1 aliphatic carbocycles. The normalized spacial score (nSPS) is 22.1. The van der Waals surface area contributed by atoms with Gasteiger partial charge in [0.2, 0.25) is 10.0 Å². The van der Waals surface area contributed by atoms with Gasteiger partial charge in [0.25, 0.3) is 0 Å². The third kappa shape index (κ3) is 4.88. The summed E-state index contributed by atoms with van der Waals surface area (Å²) in [6, 6.07) is 4.88. The predicted octanol–water partition coefficient (Wildman–Crippen LogP) is 3.14. The van der Waals surface area contributed by atoms with Crippen molar-refractivity contribution < 1.29 is 13.2 Å². The molecule has 5 nitrogen and oxygen atoms in total. The first-order valence-corrected chi connectivity index (χ1v) is 10.9. The monoisotopic (exact) mass is 386 g/mol. The highest BCUT2D eigenvalue weighted by Crippen LogP contribution is 2.34. The van der Waals surface area contributed by atoms with Gasteiger partial charge < -0.3 is 10.1 Å². The largest absolute Gasteiger partial charge is 0.492 e. The summed E-state index contributed by atoms with van der Waals surface area (Å²) < 4.78 is 33.8. The van der Waals surface area contributed by atoms with Gasteiger partial charge in [-0.25, -0.2) is 8.42 Å². The molecule has 1 aromatic rings. The maximum absolute atomic E-state index is 13.2. The van der Waals surface area contributed by atoms with Crippen LogP contribution in [0.25, 0.3) is 0 Å². The second-order valence-corrected chi connectivity index (χ2v) is 9.44. The van der Waals surface area contributed by atoms with Crippen molar-refractivity contribution in [1.82, 2.24) is 9.62 Å². The number of hydrogen-bond donors (Lipinski definition) is 1. The van der Waals surface area contributed by atoms with E-state index >= 15 is 0 Å². The Bertz CT molecular complexity index is 690. The van der Waals surface area contributed by atoms with Gasteiger partial charge in [0.05, 0.1) is 6.61 Å². The van der Waals surface area contributed by atoms with E-state index in [0.29, 0.717) is 36.4 Å². The fraction of sp³-hybridized carbons (Fsp3) is 0.667. The Morgan fingerprint density at radius 2 is 2.08 bits per heavy atom. The van der Waals surface area contributed by atoms with Crippen molar-refractivity contribution in [3.63, 3.8) is 0 Å². The number of halogens is 1. The minimum atomic E-state index is -3.61. The molecule has 3 rings (SSSR count). The summed E-state index contributed by atoms with van der Waals surface area (Å²) in [6.07, 6.45) is 5.43. The standard InChI is InChI=1S/C18H27ClN2O3S/c1-20-12-15-3-2-9-21(13-15)25(22,23)18-11-16(19)6-7-17(18)24-10-8-14-4-5-14/h6-7,11,14-15,20H,2-5,8-10,12-13H2,1H3. The molecular formula is C18H27ClN2O3S. The lowest BCUT2D eigenvalue weighted by Gasteiger charge is -2.32. The summed E-state index contributed by atoms with van der Waals surface area (Å²) in [5.74, 6) is 1.50. The van der Waals surface area contributed by atoms with Gasteiger partial charge >= 0.3 is 0 Å². The van der Waals surface area contributed by atoms with Gasteiger partial charge in [-0.05, 0) is 62.9 Å². The molecule has 0 bridgehead atoms. The second kappa shape index (κ2) is 8.25. The molecule has 1 atom stereocenters. The zero-order chi connectivity index (χ0) is 17.9. The summed E-state index contributed by atoms with van der Waals surface area (Å²) in [6.45, 7) is 2.47. The van der Waals surface area contributed by atoms with E-state index in [1.165, 1.54) is 18.9 Å². The number of piperidine rings is 1. The van der Waals surface area contributed by atoms with Gasteiger partial charge in [-0.15, -0.1) is 0 Å². The quantitative estimate of drug-likeness (QED) is 0.745. The molecule has 1 aliphatic heterocycles. The zero-order valence-corrected chi connectivity index (χ0v) is 16.3. The lowest BCUT2D eigenvalue weighted by molar-refractivity contribution is 0.260. The molecule has 25 heavy (non-hydrogen) atoms. The van der Waals surface area contributed by atoms with E-state index < -0.39 is 10.0 Å². The smallest absolute Gasteiger partial charge is 0.246 e. The first kappa shape index (κ1) is 19.0. The molecule has 1 heterocycles. The van der Waals surface area contributed by atoms with Gasteiger partial charge in [-0.3, -0.25) is 0 Å². The fourth-order valence-electron chi connectivity index (χ4n) is 3.38. The molecule has 7 heteroatoms. The number of nitrogens with one attached hydrogen (secondary N) is 1. The van der Waals surface area contributed by atoms with Crippen molar-refractivity contribution in [2.45, 2.75) is 37.0 Å². The van der Waals surface area contributed by atoms with Crippen molar-refractivity contribution in [3.05, 3.63) is 23.2 Å². The van der Waals surface area contributed by atoms with Crippen molar-refractivity contribution in [3.8, 4) is 5.75 Å². The zero-order valence-electron chi connectivity index (χ0n) is 14.7. The summed E-state index contributed by atoms with van der Waals surface area (Å²) >= 11 is 6.09. The Labute approximate surface area is 155 Å². The Morgan fingerprint density at radius 3 is 2.80 bits per heavy atom. The van der Waals surface area contributed by atoms with Crippen LogP contribution < -0.4 is 10.1 Å². The molecule has 0 spiro atoms. The van der Waals surface area contributed by atoms with E-state index in [1.807, 2.05) is 7.05 Å². The molecule has 1 saturated heterocycles. The van der Waals surface area contributed by atoms with Crippen molar-refractivity contribution in [2.75, 3.05) is 33.3 Å². The van der Waals surface area contributed by atoms with Gasteiger partial charge in [-0.1, -0.05) is 24.4 Å². The van der Waals surface area contributed by atoms with Gasteiger partial charge in [0.15, 0.2) is 0 Å². The molecule has 0 amide bonds. The summed E-state index contributed by atoms with van der Waals surface area (Å²) in [7, 11) is -1.71. The highest BCUT2D eigenvalue weighted by molar-refractivity contribution is 7.89. The topological polar surface area (TPSA) is 58.6 Å². The Hall–Kier alpha value is -0.820. The second-order valence-electron chi connectivity index (χ2n) is 7.10. The fourth-order valence-corrected chi connectivity index (χ4v) is 5.33. The van der Waals surface area contributed by atoms with E-state index in [-0.39, 0.29) is 4.90 Å². The molecule has 1 N–H and O–H groups in total. The highest BCUT2D eigenvalue weighted by Gasteiger charge is 2.32.